The maximum Gasteiger partial charge on any atom is 0.338 e. The number of anilines is 2. The molecule has 0 bridgehead atoms. The topological polar surface area (TPSA) is 67.0 Å². The first-order chi connectivity index (χ1) is 10.7. The number of nitrogens with zero attached hydrogens (tertiary/aromatic N) is 1. The molecule has 2 N–H and O–H groups in total. The van der Waals surface area contributed by atoms with Gasteiger partial charge in [-0.25, -0.2) is 9.78 Å². The first kappa shape index (κ1) is 14.4. The van der Waals surface area contributed by atoms with Crippen molar-refractivity contribution in [1.29, 1.82) is 0 Å². The highest BCUT2D eigenvalue weighted by atomic mass is 35.5. The van der Waals surface area contributed by atoms with E-state index in [-0.39, 0.29) is 5.97 Å². The minimum atomic E-state index is -0.348. The van der Waals surface area contributed by atoms with Crippen LogP contribution in [0.4, 0.5) is 11.6 Å². The molecule has 1 heterocycles. The number of carbonyl (C=O) groups is 1. The number of aromatic nitrogens is 2. The third kappa shape index (κ3) is 2.89. The van der Waals surface area contributed by atoms with E-state index in [1.165, 1.54) is 0 Å². The lowest BCUT2D eigenvalue weighted by atomic mass is 10.2. The van der Waals surface area contributed by atoms with Crippen molar-refractivity contribution in [2.45, 2.75) is 6.92 Å². The normalized spacial score (nSPS) is 10.6. The van der Waals surface area contributed by atoms with Crippen molar-refractivity contribution in [2.24, 2.45) is 0 Å². The van der Waals surface area contributed by atoms with E-state index in [0.29, 0.717) is 23.1 Å². The van der Waals surface area contributed by atoms with Crippen LogP contribution < -0.4 is 5.32 Å². The van der Waals surface area contributed by atoms with E-state index in [0.717, 1.165) is 16.7 Å². The van der Waals surface area contributed by atoms with Gasteiger partial charge < -0.3 is 15.0 Å². The number of esters is 1. The van der Waals surface area contributed by atoms with Gasteiger partial charge in [0.25, 0.3) is 0 Å². The summed E-state index contributed by atoms with van der Waals surface area (Å²) in [6.45, 7) is 2.12. The van der Waals surface area contributed by atoms with Gasteiger partial charge in [-0.05, 0) is 37.3 Å². The lowest BCUT2D eigenvalue weighted by Gasteiger charge is -2.03. The summed E-state index contributed by atoms with van der Waals surface area (Å²) in [6, 6.07) is 12.6. The zero-order valence-electron chi connectivity index (χ0n) is 11.9. The Morgan fingerprint density at radius 3 is 2.91 bits per heavy atom. The van der Waals surface area contributed by atoms with Crippen LogP contribution in [0.15, 0.2) is 42.5 Å². The molecule has 0 aliphatic rings. The Kier molecular flexibility index (Phi) is 3.98. The van der Waals surface area contributed by atoms with Crippen LogP contribution in [0.25, 0.3) is 11.0 Å². The second-order valence-corrected chi connectivity index (χ2v) is 5.05. The van der Waals surface area contributed by atoms with E-state index < -0.39 is 0 Å². The fraction of sp³-hybridized carbons (Fsp3) is 0.125. The van der Waals surface area contributed by atoms with E-state index in [9.17, 15) is 4.79 Å². The van der Waals surface area contributed by atoms with Crippen molar-refractivity contribution < 1.29 is 9.53 Å². The molecule has 3 aromatic rings. The summed E-state index contributed by atoms with van der Waals surface area (Å²) in [5.41, 5.74) is 2.75. The molecule has 0 amide bonds. The molecule has 0 saturated carbocycles. The van der Waals surface area contributed by atoms with E-state index in [1.807, 2.05) is 18.2 Å². The Morgan fingerprint density at radius 2 is 2.14 bits per heavy atom. The van der Waals surface area contributed by atoms with Crippen LogP contribution >= 0.6 is 11.6 Å². The number of ether oxygens (including phenoxy) is 1. The van der Waals surface area contributed by atoms with Gasteiger partial charge in [0.1, 0.15) is 0 Å². The number of fused-ring (bicyclic) bond motifs is 1. The molecule has 22 heavy (non-hydrogen) atoms. The monoisotopic (exact) mass is 315 g/mol. The predicted octanol–water partition coefficient (Wildman–Crippen LogP) is 4.14. The standard InChI is InChI=1S/C16H14ClN3O2/c1-2-22-15(21)10-7-8-13-14(9-10)20-16(19-13)18-12-6-4-3-5-11(12)17/h3-9H,2H2,1H3,(H2,18,19,20). The molecule has 0 aliphatic heterocycles. The summed E-state index contributed by atoms with van der Waals surface area (Å²) in [4.78, 5) is 19.3. The van der Waals surface area contributed by atoms with Gasteiger partial charge in [0.15, 0.2) is 0 Å². The maximum atomic E-state index is 11.7. The third-order valence-corrected chi connectivity index (χ3v) is 3.45. The van der Waals surface area contributed by atoms with Gasteiger partial charge in [0, 0.05) is 0 Å². The van der Waals surface area contributed by atoms with Crippen LogP contribution in [0.2, 0.25) is 5.02 Å². The zero-order valence-corrected chi connectivity index (χ0v) is 12.6. The van der Waals surface area contributed by atoms with E-state index in [2.05, 4.69) is 15.3 Å². The van der Waals surface area contributed by atoms with Crippen LogP contribution in [0.1, 0.15) is 17.3 Å². The molecule has 0 fully saturated rings. The SMILES string of the molecule is CCOC(=O)c1ccc2nc(Nc3ccccc3Cl)[nH]c2c1. The van der Waals surface area contributed by atoms with Gasteiger partial charge >= 0.3 is 5.97 Å². The van der Waals surface area contributed by atoms with Gasteiger partial charge in [-0.15, -0.1) is 0 Å². The van der Waals surface area contributed by atoms with Crippen molar-refractivity contribution in [3.8, 4) is 0 Å². The fourth-order valence-electron chi connectivity index (χ4n) is 2.10. The maximum absolute atomic E-state index is 11.7. The highest BCUT2D eigenvalue weighted by Gasteiger charge is 2.10. The Morgan fingerprint density at radius 1 is 1.32 bits per heavy atom. The van der Waals surface area contributed by atoms with Gasteiger partial charge in [-0.3, -0.25) is 0 Å². The summed E-state index contributed by atoms with van der Waals surface area (Å²) in [6.07, 6.45) is 0. The lowest BCUT2D eigenvalue weighted by molar-refractivity contribution is 0.0526. The predicted molar refractivity (Wildman–Crippen MR) is 86.8 cm³/mol. The van der Waals surface area contributed by atoms with Crippen LogP contribution in [0.5, 0.6) is 0 Å². The number of nitrogens with one attached hydrogen (secondary N) is 2. The van der Waals surface area contributed by atoms with Crippen molar-refractivity contribution in [1.82, 2.24) is 9.97 Å². The van der Waals surface area contributed by atoms with Crippen molar-refractivity contribution >= 4 is 40.2 Å². The highest BCUT2D eigenvalue weighted by Crippen LogP contribution is 2.25. The summed E-state index contributed by atoms with van der Waals surface area (Å²) < 4.78 is 4.99. The quantitative estimate of drug-likeness (QED) is 0.710. The molecule has 3 rings (SSSR count). The molecule has 2 aromatic carbocycles. The minimum Gasteiger partial charge on any atom is -0.462 e. The van der Waals surface area contributed by atoms with Gasteiger partial charge in [0.2, 0.25) is 5.95 Å². The molecule has 6 heteroatoms. The lowest BCUT2D eigenvalue weighted by Crippen LogP contribution is -2.04. The molecule has 0 spiro atoms. The second-order valence-electron chi connectivity index (χ2n) is 4.64. The zero-order chi connectivity index (χ0) is 15.5. The molecule has 0 unspecified atom stereocenters. The van der Waals surface area contributed by atoms with Gasteiger partial charge in [-0.1, -0.05) is 23.7 Å². The van der Waals surface area contributed by atoms with Crippen LogP contribution in [-0.2, 0) is 4.74 Å². The molecular formula is C16H14ClN3O2. The Hall–Kier alpha value is -2.53. The number of carbonyl (C=O) groups excluding carboxylic acids is 1. The Labute approximate surface area is 132 Å². The van der Waals surface area contributed by atoms with E-state index >= 15 is 0 Å². The number of hydrogen-bond acceptors (Lipinski definition) is 4. The van der Waals surface area contributed by atoms with Crippen LogP contribution in [-0.4, -0.2) is 22.5 Å². The summed E-state index contributed by atoms with van der Waals surface area (Å²) in [7, 11) is 0. The molecule has 0 radical (unpaired) electrons. The molecule has 0 atom stereocenters. The number of para-hydroxylation sites is 1. The average Bonchev–Trinajstić information content (AvgIpc) is 2.91. The number of imidazole rings is 1. The first-order valence-corrected chi connectivity index (χ1v) is 7.23. The average molecular weight is 316 g/mol. The molecular weight excluding hydrogens is 302 g/mol. The fourth-order valence-corrected chi connectivity index (χ4v) is 2.28. The number of halogens is 1. The number of aromatic amines is 1. The highest BCUT2D eigenvalue weighted by molar-refractivity contribution is 6.33. The van der Waals surface area contributed by atoms with Crippen molar-refractivity contribution in [3.63, 3.8) is 0 Å². The minimum absolute atomic E-state index is 0.346. The number of benzene rings is 2. The van der Waals surface area contributed by atoms with Crippen molar-refractivity contribution in [3.05, 3.63) is 53.1 Å². The molecule has 0 aliphatic carbocycles. The molecule has 1 aromatic heterocycles. The number of rotatable bonds is 4. The van der Waals surface area contributed by atoms with Crippen LogP contribution in [0, 0.1) is 0 Å². The summed E-state index contributed by atoms with van der Waals surface area (Å²) in [5, 5.41) is 3.73. The van der Waals surface area contributed by atoms with Gasteiger partial charge in [-0.2, -0.15) is 0 Å². The second kappa shape index (κ2) is 6.07. The molecule has 5 nitrogen and oxygen atoms in total. The number of H-pyrrole nitrogens is 1. The van der Waals surface area contributed by atoms with Crippen LogP contribution in [0.3, 0.4) is 0 Å². The summed E-state index contributed by atoms with van der Waals surface area (Å²) in [5.74, 6) is 0.212. The molecule has 112 valence electrons. The van der Waals surface area contributed by atoms with E-state index in [4.69, 9.17) is 16.3 Å². The Balaban J connectivity index is 1.90. The summed E-state index contributed by atoms with van der Waals surface area (Å²) >= 11 is 6.11. The number of hydrogen-bond donors (Lipinski definition) is 2. The third-order valence-electron chi connectivity index (χ3n) is 3.12. The smallest absolute Gasteiger partial charge is 0.338 e. The molecule has 0 saturated heterocycles. The van der Waals surface area contributed by atoms with Crippen molar-refractivity contribution in [2.75, 3.05) is 11.9 Å². The van der Waals surface area contributed by atoms with E-state index in [1.54, 1.807) is 31.2 Å². The van der Waals surface area contributed by atoms with Gasteiger partial charge in [0.05, 0.1) is 33.9 Å². The Bertz CT molecular complexity index is 829. The largest absolute Gasteiger partial charge is 0.462 e. The first-order valence-electron chi connectivity index (χ1n) is 6.86.